The molecular formula is C15H22O. The lowest BCUT2D eigenvalue weighted by Crippen LogP contribution is -1.95. The molecule has 1 rings (SSSR count). The highest BCUT2D eigenvalue weighted by atomic mass is 16.3. The number of phenols is 1. The molecule has 0 aromatic heterocycles. The quantitative estimate of drug-likeness (QED) is 0.536. The molecule has 0 aliphatic rings. The van der Waals surface area contributed by atoms with Crippen LogP contribution in [0, 0.1) is 0 Å². The molecule has 0 amide bonds. The zero-order valence-electron chi connectivity index (χ0n) is 10.2. The Morgan fingerprint density at radius 3 is 2.75 bits per heavy atom. The monoisotopic (exact) mass is 218 g/mol. The fourth-order valence-corrected chi connectivity index (χ4v) is 1.93. The normalized spacial score (nSPS) is 10.3. The minimum absolute atomic E-state index is 0.456. The highest BCUT2D eigenvalue weighted by Crippen LogP contribution is 2.24. The Balaban J connectivity index is 2.72. The maximum Gasteiger partial charge on any atom is 0.119 e. The summed E-state index contributed by atoms with van der Waals surface area (Å²) in [6, 6.07) is 5.87. The van der Waals surface area contributed by atoms with Gasteiger partial charge in [0.1, 0.15) is 5.75 Å². The van der Waals surface area contributed by atoms with Crippen LogP contribution in [-0.4, -0.2) is 5.11 Å². The van der Waals surface area contributed by atoms with Crippen molar-refractivity contribution in [1.29, 1.82) is 0 Å². The third-order valence-electron chi connectivity index (χ3n) is 2.88. The van der Waals surface area contributed by atoms with Crippen LogP contribution in [0.1, 0.15) is 43.7 Å². The summed E-state index contributed by atoms with van der Waals surface area (Å²) in [4.78, 5) is 0. The molecule has 1 nitrogen and oxygen atoms in total. The van der Waals surface area contributed by atoms with E-state index in [0.29, 0.717) is 5.75 Å². The van der Waals surface area contributed by atoms with Crippen LogP contribution in [0.3, 0.4) is 0 Å². The van der Waals surface area contributed by atoms with Gasteiger partial charge in [-0.15, -0.1) is 6.58 Å². The van der Waals surface area contributed by atoms with Gasteiger partial charge in [0.15, 0.2) is 0 Å². The summed E-state index contributed by atoms with van der Waals surface area (Å²) in [5.41, 5.74) is 2.45. The summed E-state index contributed by atoms with van der Waals surface area (Å²) < 4.78 is 0. The highest BCUT2D eigenvalue weighted by molar-refractivity contribution is 5.39. The Kier molecular flexibility index (Phi) is 5.69. The summed E-state index contributed by atoms with van der Waals surface area (Å²) >= 11 is 0. The lowest BCUT2D eigenvalue weighted by Gasteiger charge is -2.10. The topological polar surface area (TPSA) is 20.2 Å². The molecular weight excluding hydrogens is 196 g/mol. The van der Waals surface area contributed by atoms with Crippen molar-refractivity contribution in [2.24, 2.45) is 0 Å². The number of phenolic OH excluding ortho intramolecular Hbond substituents is 1. The number of hydrogen-bond donors (Lipinski definition) is 1. The zero-order valence-corrected chi connectivity index (χ0v) is 10.2. The Hall–Kier alpha value is -1.24. The molecule has 1 N–H and O–H groups in total. The van der Waals surface area contributed by atoms with Crippen LogP contribution in [0.25, 0.3) is 0 Å². The molecule has 1 heteroatoms. The number of aromatic hydroxyl groups is 1. The number of unbranched alkanes of at least 4 members (excludes halogenated alkanes) is 2. The average Bonchev–Trinajstić information content (AvgIpc) is 2.29. The van der Waals surface area contributed by atoms with Crippen molar-refractivity contribution in [2.45, 2.75) is 45.4 Å². The van der Waals surface area contributed by atoms with E-state index >= 15 is 0 Å². The fraction of sp³-hybridized carbons (Fsp3) is 0.467. The van der Waals surface area contributed by atoms with Gasteiger partial charge < -0.3 is 5.11 Å². The van der Waals surface area contributed by atoms with E-state index in [1.165, 1.54) is 18.4 Å². The lowest BCUT2D eigenvalue weighted by atomic mass is 9.97. The van der Waals surface area contributed by atoms with Gasteiger partial charge in [-0.1, -0.05) is 31.6 Å². The van der Waals surface area contributed by atoms with Gasteiger partial charge in [-0.05, 0) is 49.3 Å². The van der Waals surface area contributed by atoms with Gasteiger partial charge in [0.05, 0.1) is 0 Å². The maximum absolute atomic E-state index is 9.86. The van der Waals surface area contributed by atoms with Crippen molar-refractivity contribution in [2.75, 3.05) is 0 Å². The van der Waals surface area contributed by atoms with E-state index in [9.17, 15) is 5.11 Å². The molecule has 0 radical (unpaired) electrons. The molecule has 0 saturated heterocycles. The van der Waals surface area contributed by atoms with E-state index in [4.69, 9.17) is 0 Å². The van der Waals surface area contributed by atoms with Gasteiger partial charge in [-0.25, -0.2) is 0 Å². The van der Waals surface area contributed by atoms with Crippen molar-refractivity contribution >= 4 is 0 Å². The Labute approximate surface area is 98.8 Å². The van der Waals surface area contributed by atoms with Gasteiger partial charge in [-0.2, -0.15) is 0 Å². The number of aryl methyl sites for hydroxylation is 1. The number of rotatable bonds is 7. The van der Waals surface area contributed by atoms with E-state index in [1.54, 1.807) is 6.07 Å². The Morgan fingerprint density at radius 1 is 1.25 bits per heavy atom. The van der Waals surface area contributed by atoms with Crippen molar-refractivity contribution < 1.29 is 5.11 Å². The molecule has 0 fully saturated rings. The molecule has 0 unspecified atom stereocenters. The van der Waals surface area contributed by atoms with E-state index < -0.39 is 0 Å². The molecule has 16 heavy (non-hydrogen) atoms. The van der Waals surface area contributed by atoms with Gasteiger partial charge in [0.25, 0.3) is 0 Å². The summed E-state index contributed by atoms with van der Waals surface area (Å²) in [6.45, 7) is 5.92. The second kappa shape index (κ2) is 7.10. The molecule has 1 aromatic rings. The van der Waals surface area contributed by atoms with Gasteiger partial charge in [0.2, 0.25) is 0 Å². The van der Waals surface area contributed by atoms with Crippen LogP contribution >= 0.6 is 0 Å². The lowest BCUT2D eigenvalue weighted by molar-refractivity contribution is 0.465. The molecule has 0 saturated carbocycles. The second-order valence-electron chi connectivity index (χ2n) is 4.20. The van der Waals surface area contributed by atoms with Crippen molar-refractivity contribution in [3.05, 3.63) is 42.0 Å². The zero-order chi connectivity index (χ0) is 11.8. The Morgan fingerprint density at radius 2 is 2.06 bits per heavy atom. The van der Waals surface area contributed by atoms with Crippen LogP contribution in [0.15, 0.2) is 30.9 Å². The largest absolute Gasteiger partial charge is 0.508 e. The Bertz CT molecular complexity index is 328. The minimum atomic E-state index is 0.456. The smallest absolute Gasteiger partial charge is 0.119 e. The first kappa shape index (κ1) is 12.8. The molecule has 0 atom stereocenters. The minimum Gasteiger partial charge on any atom is -0.508 e. The molecule has 1 aromatic carbocycles. The first-order valence-electron chi connectivity index (χ1n) is 6.20. The predicted octanol–water partition coefficient (Wildman–Crippen LogP) is 4.24. The molecule has 0 aliphatic heterocycles. The van der Waals surface area contributed by atoms with Crippen LogP contribution < -0.4 is 0 Å². The van der Waals surface area contributed by atoms with Crippen molar-refractivity contribution in [3.8, 4) is 5.75 Å². The molecule has 88 valence electrons. The molecule has 0 aliphatic carbocycles. The molecule has 0 heterocycles. The first-order chi connectivity index (χ1) is 7.79. The summed E-state index contributed by atoms with van der Waals surface area (Å²) in [5.74, 6) is 0.456. The maximum atomic E-state index is 9.86. The number of benzene rings is 1. The average molecular weight is 218 g/mol. The number of allylic oxidation sites excluding steroid dienone is 1. The molecule has 0 spiro atoms. The molecule has 0 bridgehead atoms. The summed E-state index contributed by atoms with van der Waals surface area (Å²) in [7, 11) is 0. The summed E-state index contributed by atoms with van der Waals surface area (Å²) in [5, 5.41) is 9.86. The summed E-state index contributed by atoms with van der Waals surface area (Å²) in [6.07, 6.45) is 8.44. The first-order valence-corrected chi connectivity index (χ1v) is 6.20. The van der Waals surface area contributed by atoms with Crippen molar-refractivity contribution in [3.63, 3.8) is 0 Å². The third kappa shape index (κ3) is 3.73. The fourth-order valence-electron chi connectivity index (χ4n) is 1.93. The van der Waals surface area contributed by atoms with Gasteiger partial charge in [-0.3, -0.25) is 0 Å². The van der Waals surface area contributed by atoms with Crippen LogP contribution in [0.2, 0.25) is 0 Å². The van der Waals surface area contributed by atoms with E-state index in [1.807, 2.05) is 12.1 Å². The van der Waals surface area contributed by atoms with E-state index in [2.05, 4.69) is 19.6 Å². The van der Waals surface area contributed by atoms with Crippen LogP contribution in [-0.2, 0) is 12.8 Å². The van der Waals surface area contributed by atoms with Gasteiger partial charge >= 0.3 is 0 Å². The standard InChI is InChI=1S/C15H22O/c1-3-5-7-11-14-13(9-6-4-2)10-8-12-15(14)16/h3,8,10,12,16H,1,4-7,9,11H2,2H3. The SMILES string of the molecule is C=CCCCc1c(O)cccc1CCCC. The van der Waals surface area contributed by atoms with Crippen LogP contribution in [0.5, 0.6) is 5.75 Å². The van der Waals surface area contributed by atoms with Gasteiger partial charge in [0, 0.05) is 0 Å². The highest BCUT2D eigenvalue weighted by Gasteiger charge is 2.06. The van der Waals surface area contributed by atoms with Crippen molar-refractivity contribution in [1.82, 2.24) is 0 Å². The van der Waals surface area contributed by atoms with E-state index in [-0.39, 0.29) is 0 Å². The van der Waals surface area contributed by atoms with Crippen LogP contribution in [0.4, 0.5) is 0 Å². The predicted molar refractivity (Wildman–Crippen MR) is 69.9 cm³/mol. The number of hydrogen-bond acceptors (Lipinski definition) is 1. The third-order valence-corrected chi connectivity index (χ3v) is 2.88. The second-order valence-corrected chi connectivity index (χ2v) is 4.20. The van der Waals surface area contributed by atoms with E-state index in [0.717, 1.165) is 31.2 Å².